The largest absolute Gasteiger partial charge is 0.454 e. The summed E-state index contributed by atoms with van der Waals surface area (Å²) in [6, 6.07) is 18.6. The second-order valence-corrected chi connectivity index (χ2v) is 10.7. The second-order valence-electron chi connectivity index (χ2n) is 10.3. The van der Waals surface area contributed by atoms with E-state index in [-0.39, 0.29) is 18.6 Å². The zero-order valence-electron chi connectivity index (χ0n) is 23.1. The first-order valence-electron chi connectivity index (χ1n) is 13.7. The molecule has 212 valence electrons. The maximum Gasteiger partial charge on any atom is 0.258 e. The van der Waals surface area contributed by atoms with Crippen LogP contribution >= 0.6 is 11.6 Å². The number of carbonyl (C=O) groups excluding carboxylic acids is 2. The molecule has 3 aliphatic heterocycles. The third-order valence-corrected chi connectivity index (χ3v) is 8.04. The van der Waals surface area contributed by atoms with Gasteiger partial charge in [0.05, 0.1) is 23.5 Å². The topological polar surface area (TPSA) is 86.4 Å². The molecule has 0 unspecified atom stereocenters. The molecule has 0 radical (unpaired) electrons. The minimum atomic E-state index is -0.232. The highest BCUT2D eigenvalue weighted by Gasteiger charge is 2.29. The van der Waals surface area contributed by atoms with Gasteiger partial charge in [0.25, 0.3) is 5.91 Å². The molecule has 9 nitrogen and oxygen atoms in total. The summed E-state index contributed by atoms with van der Waals surface area (Å²) < 4.78 is 11.1. The molecule has 3 heterocycles. The van der Waals surface area contributed by atoms with E-state index >= 15 is 0 Å². The molecule has 2 N–H and O–H groups in total. The molecule has 3 aromatic rings. The highest BCUT2D eigenvalue weighted by molar-refractivity contribution is 6.38. The van der Waals surface area contributed by atoms with E-state index in [1.807, 2.05) is 48.5 Å². The van der Waals surface area contributed by atoms with Crippen molar-refractivity contribution in [3.8, 4) is 11.5 Å². The van der Waals surface area contributed by atoms with E-state index in [1.54, 1.807) is 24.1 Å². The summed E-state index contributed by atoms with van der Waals surface area (Å²) in [5, 5.41) is 6.92. The summed E-state index contributed by atoms with van der Waals surface area (Å²) >= 11 is 6.19. The van der Waals surface area contributed by atoms with Crippen molar-refractivity contribution < 1.29 is 19.1 Å². The number of likely N-dealkylation sites (N-methyl/N-ethyl adjacent to an activating group) is 2. The molecule has 3 aliphatic rings. The van der Waals surface area contributed by atoms with Crippen LogP contribution < -0.4 is 25.0 Å². The fourth-order valence-electron chi connectivity index (χ4n) is 5.34. The monoisotopic (exact) mass is 573 g/mol. The lowest BCUT2D eigenvalue weighted by Crippen LogP contribution is -2.49. The predicted octanol–water partition coefficient (Wildman–Crippen LogP) is 4.60. The SMILES string of the molecule is CCN1CCN(CC(=O)N(C)c2ccc(N/C(=C3\C(=O)Nc4cc(Cl)ccc43)c3ccc4c(c3)OCO4)cc2)CC1. The summed E-state index contributed by atoms with van der Waals surface area (Å²) in [5.74, 6) is 1.09. The highest BCUT2D eigenvalue weighted by Crippen LogP contribution is 2.41. The molecule has 6 rings (SSSR count). The van der Waals surface area contributed by atoms with Crippen LogP contribution in [0.5, 0.6) is 11.5 Å². The lowest BCUT2D eigenvalue weighted by Gasteiger charge is -2.34. The average molecular weight is 574 g/mol. The van der Waals surface area contributed by atoms with E-state index in [1.165, 1.54) is 0 Å². The lowest BCUT2D eigenvalue weighted by atomic mass is 9.99. The average Bonchev–Trinajstić information content (AvgIpc) is 3.59. The van der Waals surface area contributed by atoms with Crippen LogP contribution in [0.4, 0.5) is 17.1 Å². The van der Waals surface area contributed by atoms with Gasteiger partial charge in [-0.2, -0.15) is 0 Å². The number of hydrogen-bond acceptors (Lipinski definition) is 7. The van der Waals surface area contributed by atoms with Crippen LogP contribution in [0, 0.1) is 0 Å². The standard InChI is InChI=1S/C31H32ClN5O4/c1-3-36-12-14-37(15-13-36)18-28(38)35(2)23-8-6-22(7-9-23)33-30(20-4-11-26-27(16-20)41-19-40-26)29-24-10-5-21(32)17-25(24)34-31(29)39/h4-11,16-17,33H,3,12-15,18-19H2,1-2H3,(H,34,39)/b30-29-. The number of nitrogens with zero attached hydrogens (tertiary/aromatic N) is 3. The number of nitrogens with one attached hydrogen (secondary N) is 2. The van der Waals surface area contributed by atoms with Crippen LogP contribution in [0.15, 0.2) is 60.7 Å². The quantitative estimate of drug-likeness (QED) is 0.400. The van der Waals surface area contributed by atoms with Crippen molar-refractivity contribution in [2.45, 2.75) is 6.92 Å². The number of rotatable bonds is 7. The molecule has 0 aromatic heterocycles. The molecule has 0 spiro atoms. The van der Waals surface area contributed by atoms with Gasteiger partial charge in [0.2, 0.25) is 12.7 Å². The molecule has 1 fully saturated rings. The number of hydrogen-bond donors (Lipinski definition) is 2. The number of ether oxygens (including phenoxy) is 2. The minimum Gasteiger partial charge on any atom is -0.454 e. The predicted molar refractivity (Wildman–Crippen MR) is 161 cm³/mol. The molecule has 2 amide bonds. The van der Waals surface area contributed by atoms with Gasteiger partial charge in [-0.25, -0.2) is 0 Å². The Labute approximate surface area is 244 Å². The van der Waals surface area contributed by atoms with Crippen molar-refractivity contribution >= 4 is 51.7 Å². The van der Waals surface area contributed by atoms with Gasteiger partial charge >= 0.3 is 0 Å². The summed E-state index contributed by atoms with van der Waals surface area (Å²) in [6.07, 6.45) is 0. The van der Waals surface area contributed by atoms with Crippen molar-refractivity contribution in [2.75, 3.05) is 68.6 Å². The van der Waals surface area contributed by atoms with Crippen molar-refractivity contribution in [3.05, 3.63) is 76.8 Å². The van der Waals surface area contributed by atoms with Crippen LogP contribution in [0.1, 0.15) is 18.1 Å². The zero-order chi connectivity index (χ0) is 28.5. The van der Waals surface area contributed by atoms with Gasteiger partial charge < -0.3 is 29.9 Å². The number of carbonyl (C=O) groups is 2. The van der Waals surface area contributed by atoms with Crippen LogP contribution in [0.2, 0.25) is 5.02 Å². The fraction of sp³-hybridized carbons (Fsp3) is 0.290. The Hall–Kier alpha value is -4.05. The highest BCUT2D eigenvalue weighted by atomic mass is 35.5. The summed E-state index contributed by atoms with van der Waals surface area (Å²) in [6.45, 7) is 7.54. The number of piperazine rings is 1. The van der Waals surface area contributed by atoms with Gasteiger partial charge in [-0.1, -0.05) is 24.6 Å². The molecule has 0 aliphatic carbocycles. The smallest absolute Gasteiger partial charge is 0.258 e. The first-order chi connectivity index (χ1) is 19.9. The Kier molecular flexibility index (Phi) is 7.57. The van der Waals surface area contributed by atoms with Crippen LogP contribution in [-0.4, -0.2) is 74.7 Å². The molecule has 3 aromatic carbocycles. The maximum absolute atomic E-state index is 13.2. The third-order valence-electron chi connectivity index (χ3n) is 7.81. The lowest BCUT2D eigenvalue weighted by molar-refractivity contribution is -0.119. The fourth-order valence-corrected chi connectivity index (χ4v) is 5.51. The van der Waals surface area contributed by atoms with Crippen LogP contribution in [-0.2, 0) is 9.59 Å². The summed E-state index contributed by atoms with van der Waals surface area (Å²) in [5.41, 5.74) is 4.84. The summed E-state index contributed by atoms with van der Waals surface area (Å²) in [7, 11) is 1.80. The van der Waals surface area contributed by atoms with Gasteiger partial charge in [0.1, 0.15) is 0 Å². The van der Waals surface area contributed by atoms with Crippen molar-refractivity contribution in [1.29, 1.82) is 0 Å². The molecule has 0 saturated carbocycles. The summed E-state index contributed by atoms with van der Waals surface area (Å²) in [4.78, 5) is 32.6. The molecule has 0 atom stereocenters. The van der Waals surface area contributed by atoms with Crippen LogP contribution in [0.25, 0.3) is 11.3 Å². The van der Waals surface area contributed by atoms with Crippen molar-refractivity contribution in [2.24, 2.45) is 0 Å². The Balaban J connectivity index is 1.25. The van der Waals surface area contributed by atoms with Crippen molar-refractivity contribution in [1.82, 2.24) is 9.80 Å². The molecule has 0 bridgehead atoms. The second kappa shape index (κ2) is 11.4. The Bertz CT molecular complexity index is 1520. The van der Waals surface area contributed by atoms with Gasteiger partial charge in [-0.15, -0.1) is 0 Å². The van der Waals surface area contributed by atoms with E-state index in [0.717, 1.165) is 55.2 Å². The van der Waals surface area contributed by atoms with Gasteiger partial charge in [-0.05, 0) is 61.1 Å². The molecule has 41 heavy (non-hydrogen) atoms. The van der Waals surface area contributed by atoms with Crippen LogP contribution in [0.3, 0.4) is 0 Å². The Morgan fingerprint density at radius 1 is 0.976 bits per heavy atom. The number of halogens is 1. The number of amides is 2. The normalized spacial score (nSPS) is 17.7. The first-order valence-corrected chi connectivity index (χ1v) is 14.1. The van der Waals surface area contributed by atoms with Gasteiger partial charge in [0.15, 0.2) is 11.5 Å². The first kappa shape index (κ1) is 27.1. The maximum atomic E-state index is 13.2. The van der Waals surface area contributed by atoms with E-state index in [0.29, 0.717) is 40.0 Å². The number of fused-ring (bicyclic) bond motifs is 2. The third kappa shape index (κ3) is 5.61. The minimum absolute atomic E-state index is 0.0525. The Morgan fingerprint density at radius 3 is 2.46 bits per heavy atom. The number of anilines is 3. The molecular formula is C31H32ClN5O4. The van der Waals surface area contributed by atoms with E-state index in [2.05, 4.69) is 27.4 Å². The zero-order valence-corrected chi connectivity index (χ0v) is 23.8. The molecule has 10 heteroatoms. The van der Waals surface area contributed by atoms with Gasteiger partial charge in [0, 0.05) is 60.8 Å². The van der Waals surface area contributed by atoms with Gasteiger partial charge in [-0.3, -0.25) is 14.5 Å². The number of benzene rings is 3. The van der Waals surface area contributed by atoms with Crippen molar-refractivity contribution in [3.63, 3.8) is 0 Å². The van der Waals surface area contributed by atoms with E-state index in [9.17, 15) is 9.59 Å². The van der Waals surface area contributed by atoms with E-state index in [4.69, 9.17) is 21.1 Å². The molecular weight excluding hydrogens is 542 g/mol. The molecule has 1 saturated heterocycles. The van der Waals surface area contributed by atoms with E-state index < -0.39 is 0 Å². The Morgan fingerprint density at radius 2 is 1.71 bits per heavy atom.